The van der Waals surface area contributed by atoms with Crippen molar-refractivity contribution in [3.05, 3.63) is 27.3 Å². The molecule has 0 aromatic heterocycles. The highest BCUT2D eigenvalue weighted by Gasteiger charge is 2.36. The van der Waals surface area contributed by atoms with Crippen molar-refractivity contribution in [3.8, 4) is 0 Å². The van der Waals surface area contributed by atoms with Gasteiger partial charge in [-0.2, -0.15) is 13.2 Å². The van der Waals surface area contributed by atoms with Gasteiger partial charge in [0.05, 0.1) is 5.56 Å². The first-order valence-electron chi connectivity index (χ1n) is 5.83. The predicted octanol–water partition coefficient (Wildman–Crippen LogP) is 4.90. The fourth-order valence-corrected chi connectivity index (χ4v) is 2.02. The molecular formula is C13H14ClF3INO. The fraction of sp³-hybridized carbons (Fsp3) is 0.462. The molecule has 1 rings (SSSR count). The van der Waals surface area contributed by atoms with Crippen LogP contribution in [-0.2, 0) is 11.0 Å². The minimum Gasteiger partial charge on any atom is -0.325 e. The van der Waals surface area contributed by atoms with E-state index in [-0.39, 0.29) is 15.2 Å². The normalized spacial score (nSPS) is 15.1. The molecule has 1 amide bonds. The van der Waals surface area contributed by atoms with Crippen LogP contribution in [0.1, 0.15) is 26.3 Å². The van der Waals surface area contributed by atoms with E-state index in [1.165, 1.54) is 19.1 Å². The summed E-state index contributed by atoms with van der Waals surface area (Å²) in [4.78, 5) is 10.8. The second-order valence-corrected chi connectivity index (χ2v) is 6.82. The van der Waals surface area contributed by atoms with E-state index in [2.05, 4.69) is 5.32 Å². The van der Waals surface area contributed by atoms with Crippen LogP contribution in [0.2, 0.25) is 0 Å². The Morgan fingerprint density at radius 3 is 2.35 bits per heavy atom. The lowest BCUT2D eigenvalue weighted by molar-refractivity contribution is -0.138. The van der Waals surface area contributed by atoms with Crippen LogP contribution in [0.3, 0.4) is 0 Å². The molecule has 0 aliphatic carbocycles. The molecule has 0 radical (unpaired) electrons. The zero-order valence-corrected chi connectivity index (χ0v) is 14.0. The summed E-state index contributed by atoms with van der Waals surface area (Å²) in [5.74, 6) is -0.682. The van der Waals surface area contributed by atoms with Gasteiger partial charge in [0, 0.05) is 9.26 Å². The summed E-state index contributed by atoms with van der Waals surface area (Å²) in [5.41, 5.74) is -0.702. The lowest BCUT2D eigenvalue weighted by Crippen LogP contribution is -2.39. The summed E-state index contributed by atoms with van der Waals surface area (Å²) in [6, 6.07) is 3.63. The number of amides is 1. The minimum absolute atomic E-state index is 0.0746. The standard InChI is InChI=1S/C13H14ClF3INO/c1-7(2)12(3,14)11(20)19-8-4-5-10(18)9(6-8)13(15,16)17/h4-7H,1-3H3,(H,19,20). The second kappa shape index (κ2) is 6.09. The Balaban J connectivity index is 3.04. The van der Waals surface area contributed by atoms with Crippen LogP contribution in [0.4, 0.5) is 18.9 Å². The minimum atomic E-state index is -4.46. The number of hydrogen-bond donors (Lipinski definition) is 1. The monoisotopic (exact) mass is 419 g/mol. The van der Waals surface area contributed by atoms with E-state index in [9.17, 15) is 18.0 Å². The van der Waals surface area contributed by atoms with Gasteiger partial charge in [0.15, 0.2) is 0 Å². The first-order chi connectivity index (χ1) is 8.96. The summed E-state index contributed by atoms with van der Waals surface area (Å²) < 4.78 is 38.4. The molecule has 20 heavy (non-hydrogen) atoms. The lowest BCUT2D eigenvalue weighted by Gasteiger charge is -2.25. The summed E-state index contributed by atoms with van der Waals surface area (Å²) in [5, 5.41) is 2.43. The molecule has 0 saturated heterocycles. The number of carbonyl (C=O) groups is 1. The van der Waals surface area contributed by atoms with Gasteiger partial charge in [0.2, 0.25) is 5.91 Å². The molecule has 0 spiro atoms. The maximum Gasteiger partial charge on any atom is 0.417 e. The fourth-order valence-electron chi connectivity index (χ4n) is 1.34. The molecule has 1 N–H and O–H groups in total. The van der Waals surface area contributed by atoms with E-state index in [0.717, 1.165) is 6.07 Å². The molecule has 1 atom stereocenters. The van der Waals surface area contributed by atoms with Gasteiger partial charge in [-0.15, -0.1) is 11.6 Å². The van der Waals surface area contributed by atoms with Gasteiger partial charge < -0.3 is 5.32 Å². The Morgan fingerprint density at radius 1 is 1.35 bits per heavy atom. The number of nitrogens with one attached hydrogen (secondary N) is 1. The molecule has 112 valence electrons. The topological polar surface area (TPSA) is 29.1 Å². The molecular weight excluding hydrogens is 406 g/mol. The molecule has 0 fully saturated rings. The Kier molecular flexibility index (Phi) is 5.34. The maximum atomic E-state index is 12.8. The zero-order chi connectivity index (χ0) is 15.7. The number of anilines is 1. The number of hydrogen-bond acceptors (Lipinski definition) is 1. The summed E-state index contributed by atoms with van der Waals surface area (Å²) in [6.45, 7) is 5.06. The van der Waals surface area contributed by atoms with Crippen molar-refractivity contribution in [1.29, 1.82) is 0 Å². The summed E-state index contributed by atoms with van der Waals surface area (Å²) >= 11 is 7.70. The summed E-state index contributed by atoms with van der Waals surface area (Å²) in [6.07, 6.45) is -4.46. The first-order valence-corrected chi connectivity index (χ1v) is 7.29. The molecule has 1 aromatic rings. The van der Waals surface area contributed by atoms with Crippen molar-refractivity contribution in [2.45, 2.75) is 31.8 Å². The highest BCUT2D eigenvalue weighted by atomic mass is 127. The number of rotatable bonds is 3. The molecule has 1 unspecified atom stereocenters. The summed E-state index contributed by atoms with van der Waals surface area (Å²) in [7, 11) is 0. The van der Waals surface area contributed by atoms with Crippen molar-refractivity contribution in [3.63, 3.8) is 0 Å². The van der Waals surface area contributed by atoms with Gasteiger partial charge in [-0.25, -0.2) is 0 Å². The highest BCUT2D eigenvalue weighted by Crippen LogP contribution is 2.35. The molecule has 1 aromatic carbocycles. The number of halogens is 5. The Morgan fingerprint density at radius 2 is 1.90 bits per heavy atom. The van der Waals surface area contributed by atoms with E-state index < -0.39 is 22.5 Å². The van der Waals surface area contributed by atoms with Gasteiger partial charge in [0.1, 0.15) is 4.87 Å². The van der Waals surface area contributed by atoms with Gasteiger partial charge in [0.25, 0.3) is 0 Å². The largest absolute Gasteiger partial charge is 0.417 e. The van der Waals surface area contributed by atoms with Crippen molar-refractivity contribution in [1.82, 2.24) is 0 Å². The van der Waals surface area contributed by atoms with Gasteiger partial charge in [-0.05, 0) is 53.6 Å². The van der Waals surface area contributed by atoms with Crippen molar-refractivity contribution >= 4 is 45.8 Å². The second-order valence-electron chi connectivity index (χ2n) is 4.88. The van der Waals surface area contributed by atoms with Crippen LogP contribution in [-0.4, -0.2) is 10.8 Å². The third-order valence-electron chi connectivity index (χ3n) is 3.06. The Hall–Kier alpha value is -0.500. The molecule has 0 aliphatic rings. The van der Waals surface area contributed by atoms with E-state index in [1.807, 2.05) is 0 Å². The average Bonchev–Trinajstić information content (AvgIpc) is 2.29. The van der Waals surface area contributed by atoms with Gasteiger partial charge in [-0.1, -0.05) is 13.8 Å². The smallest absolute Gasteiger partial charge is 0.325 e. The van der Waals surface area contributed by atoms with E-state index >= 15 is 0 Å². The van der Waals surface area contributed by atoms with Crippen LogP contribution < -0.4 is 5.32 Å². The number of alkyl halides is 4. The van der Waals surface area contributed by atoms with Crippen molar-refractivity contribution < 1.29 is 18.0 Å². The van der Waals surface area contributed by atoms with Crippen LogP contribution in [0, 0.1) is 9.49 Å². The predicted molar refractivity (Wildman–Crippen MR) is 81.9 cm³/mol. The van der Waals surface area contributed by atoms with Gasteiger partial charge >= 0.3 is 6.18 Å². The Labute approximate surface area is 134 Å². The van der Waals surface area contributed by atoms with Gasteiger partial charge in [-0.3, -0.25) is 4.79 Å². The molecule has 7 heteroatoms. The van der Waals surface area contributed by atoms with Crippen LogP contribution in [0.15, 0.2) is 18.2 Å². The average molecular weight is 420 g/mol. The number of carbonyl (C=O) groups excluding carboxylic acids is 1. The lowest BCUT2D eigenvalue weighted by atomic mass is 9.96. The van der Waals surface area contributed by atoms with E-state index in [1.54, 1.807) is 36.4 Å². The first kappa shape index (κ1) is 17.6. The zero-order valence-electron chi connectivity index (χ0n) is 11.1. The Bertz CT molecular complexity index is 515. The van der Waals surface area contributed by atoms with E-state index in [0.29, 0.717) is 0 Å². The third kappa shape index (κ3) is 4.00. The van der Waals surface area contributed by atoms with Crippen molar-refractivity contribution in [2.75, 3.05) is 5.32 Å². The SMILES string of the molecule is CC(C)C(C)(Cl)C(=O)Nc1ccc(I)c(C(F)(F)F)c1. The third-order valence-corrected chi connectivity index (χ3v) is 4.61. The molecule has 0 heterocycles. The maximum absolute atomic E-state index is 12.8. The van der Waals surface area contributed by atoms with E-state index in [4.69, 9.17) is 11.6 Å². The molecule has 0 aliphatic heterocycles. The van der Waals surface area contributed by atoms with Crippen molar-refractivity contribution in [2.24, 2.45) is 5.92 Å². The quantitative estimate of drug-likeness (QED) is 0.548. The highest BCUT2D eigenvalue weighted by molar-refractivity contribution is 14.1. The molecule has 0 saturated carbocycles. The molecule has 0 bridgehead atoms. The number of benzene rings is 1. The van der Waals surface area contributed by atoms with Crippen LogP contribution in [0.25, 0.3) is 0 Å². The molecule has 2 nitrogen and oxygen atoms in total. The van der Waals surface area contributed by atoms with Crippen LogP contribution in [0.5, 0.6) is 0 Å². The van der Waals surface area contributed by atoms with Crippen LogP contribution >= 0.6 is 34.2 Å².